The lowest BCUT2D eigenvalue weighted by Crippen LogP contribution is -1.76. The van der Waals surface area contributed by atoms with Crippen molar-refractivity contribution in [3.8, 4) is 16.4 Å². The maximum absolute atomic E-state index is 3.72. The summed E-state index contributed by atoms with van der Waals surface area (Å²) in [4.78, 5) is 0. The molecule has 0 saturated heterocycles. The molecule has 0 fully saturated rings. The monoisotopic (exact) mass is 364 g/mol. The molecule has 4 rings (SSSR count). The molecule has 1 unspecified atom stereocenters. The highest BCUT2D eigenvalue weighted by molar-refractivity contribution is 9.10. The highest BCUT2D eigenvalue weighted by atomic mass is 79.9. The molecule has 0 spiro atoms. The van der Waals surface area contributed by atoms with Crippen LogP contribution in [0.2, 0.25) is 0 Å². The fraction of sp³-hybridized carbons (Fsp3) is 0. The van der Waals surface area contributed by atoms with Gasteiger partial charge in [0.2, 0.25) is 0 Å². The number of fused-ring (bicyclic) bond motifs is 1. The summed E-state index contributed by atoms with van der Waals surface area (Å²) in [5.74, 6) is 2.37. The Labute approximate surface area is 139 Å². The van der Waals surface area contributed by atoms with E-state index in [1.54, 1.807) is 0 Å². The Balaban J connectivity index is 1.89. The highest BCUT2D eigenvalue weighted by Crippen LogP contribution is 2.51. The maximum atomic E-state index is 3.72. The van der Waals surface area contributed by atoms with Crippen molar-refractivity contribution in [2.75, 3.05) is 0 Å². The van der Waals surface area contributed by atoms with Gasteiger partial charge in [-0.25, -0.2) is 0 Å². The molecule has 1 aromatic heterocycles. The topological polar surface area (TPSA) is 0 Å². The lowest BCUT2D eigenvalue weighted by Gasteiger charge is -2.06. The standard InChI is InChI=1S/C20H14BrP/c21-19-14-22(20-12-5-4-11-18(19)20)17-10-6-9-16(13-17)15-7-2-1-3-8-15/h1-14H. The summed E-state index contributed by atoms with van der Waals surface area (Å²) in [5.41, 5.74) is 2.56. The van der Waals surface area contributed by atoms with Crippen LogP contribution in [-0.2, 0) is 0 Å². The Bertz CT molecular complexity index is 938. The van der Waals surface area contributed by atoms with Crippen LogP contribution in [0.4, 0.5) is 0 Å². The molecule has 0 saturated carbocycles. The first kappa shape index (κ1) is 13.8. The maximum Gasteiger partial charge on any atom is 0.0299 e. The van der Waals surface area contributed by atoms with E-state index in [9.17, 15) is 0 Å². The zero-order valence-electron chi connectivity index (χ0n) is 11.9. The van der Waals surface area contributed by atoms with Crippen LogP contribution in [0.15, 0.2) is 89.1 Å². The minimum absolute atomic E-state index is 0.411. The Hall–Kier alpha value is -1.82. The fourth-order valence-electron chi connectivity index (χ4n) is 2.82. The molecule has 3 aromatic carbocycles. The van der Waals surface area contributed by atoms with E-state index in [0.29, 0.717) is 0 Å². The van der Waals surface area contributed by atoms with Crippen LogP contribution < -0.4 is 0 Å². The van der Waals surface area contributed by atoms with Crippen molar-refractivity contribution < 1.29 is 0 Å². The predicted octanol–water partition coefficient (Wildman–Crippen LogP) is 7.25. The van der Waals surface area contributed by atoms with Crippen LogP contribution in [0.3, 0.4) is 0 Å². The van der Waals surface area contributed by atoms with E-state index >= 15 is 0 Å². The zero-order valence-corrected chi connectivity index (χ0v) is 14.4. The van der Waals surface area contributed by atoms with E-state index in [1.807, 2.05) is 0 Å². The average molecular weight is 365 g/mol. The zero-order chi connectivity index (χ0) is 14.9. The van der Waals surface area contributed by atoms with E-state index in [2.05, 4.69) is 101 Å². The minimum atomic E-state index is -0.411. The number of benzene rings is 3. The number of hydrogen-bond acceptors (Lipinski definition) is 0. The van der Waals surface area contributed by atoms with Gasteiger partial charge in [-0.15, -0.1) is 0 Å². The molecule has 1 atom stereocenters. The van der Waals surface area contributed by atoms with Crippen molar-refractivity contribution in [1.29, 1.82) is 0 Å². The van der Waals surface area contributed by atoms with Crippen molar-refractivity contribution in [3.05, 3.63) is 89.1 Å². The van der Waals surface area contributed by atoms with Gasteiger partial charge in [-0.1, -0.05) is 80.3 Å². The van der Waals surface area contributed by atoms with Crippen LogP contribution >= 0.6 is 23.5 Å². The smallest absolute Gasteiger partial charge is 0.0299 e. The molecular formula is C20H14BrP. The second-order valence-electron chi connectivity index (χ2n) is 5.28. The summed E-state index contributed by atoms with van der Waals surface area (Å²) in [7, 11) is -0.411. The lowest BCUT2D eigenvalue weighted by atomic mass is 10.1. The van der Waals surface area contributed by atoms with E-state index < -0.39 is 7.53 Å². The summed E-state index contributed by atoms with van der Waals surface area (Å²) < 4.78 is 1.22. The van der Waals surface area contributed by atoms with Crippen molar-refractivity contribution >= 4 is 34.0 Å². The molecule has 0 amide bonds. The molecule has 22 heavy (non-hydrogen) atoms. The van der Waals surface area contributed by atoms with E-state index in [4.69, 9.17) is 0 Å². The van der Waals surface area contributed by atoms with Gasteiger partial charge in [0.15, 0.2) is 0 Å². The molecule has 4 aromatic rings. The van der Waals surface area contributed by atoms with Crippen molar-refractivity contribution in [2.45, 2.75) is 0 Å². The Morgan fingerprint density at radius 2 is 1.41 bits per heavy atom. The number of hydrogen-bond donors (Lipinski definition) is 0. The third-order valence-corrected chi connectivity index (χ3v) is 7.16. The van der Waals surface area contributed by atoms with Gasteiger partial charge in [-0.05, 0) is 44.2 Å². The van der Waals surface area contributed by atoms with Gasteiger partial charge in [0.05, 0.1) is 0 Å². The second kappa shape index (κ2) is 5.76. The van der Waals surface area contributed by atoms with Gasteiger partial charge in [0.1, 0.15) is 0 Å². The number of halogens is 1. The van der Waals surface area contributed by atoms with Crippen molar-refractivity contribution in [3.63, 3.8) is 0 Å². The van der Waals surface area contributed by atoms with Gasteiger partial charge in [-0.3, -0.25) is 0 Å². The van der Waals surface area contributed by atoms with Crippen LogP contribution in [0, 0.1) is 0 Å². The molecule has 0 radical (unpaired) electrons. The summed E-state index contributed by atoms with van der Waals surface area (Å²) in [6.45, 7) is 0. The first-order chi connectivity index (χ1) is 10.8. The first-order valence-electron chi connectivity index (χ1n) is 7.24. The van der Waals surface area contributed by atoms with Crippen LogP contribution in [-0.4, -0.2) is 0 Å². The molecule has 0 bridgehead atoms. The van der Waals surface area contributed by atoms with E-state index in [1.165, 1.54) is 31.4 Å². The van der Waals surface area contributed by atoms with Gasteiger partial charge in [0.25, 0.3) is 0 Å². The lowest BCUT2D eigenvalue weighted by molar-refractivity contribution is 1.64. The van der Waals surface area contributed by atoms with Crippen LogP contribution in [0.1, 0.15) is 0 Å². The molecular weight excluding hydrogens is 351 g/mol. The van der Waals surface area contributed by atoms with Gasteiger partial charge >= 0.3 is 0 Å². The Morgan fingerprint density at radius 1 is 0.682 bits per heavy atom. The third kappa shape index (κ3) is 2.41. The van der Waals surface area contributed by atoms with E-state index in [0.717, 1.165) is 0 Å². The van der Waals surface area contributed by atoms with Crippen molar-refractivity contribution in [1.82, 2.24) is 0 Å². The molecule has 0 aliphatic heterocycles. The molecule has 0 nitrogen and oxygen atoms in total. The summed E-state index contributed by atoms with van der Waals surface area (Å²) >= 11 is 3.72. The minimum Gasteiger partial charge on any atom is -0.0841 e. The quantitative estimate of drug-likeness (QED) is 0.351. The van der Waals surface area contributed by atoms with Crippen LogP contribution in [0.5, 0.6) is 0 Å². The Morgan fingerprint density at radius 3 is 2.27 bits per heavy atom. The summed E-state index contributed by atoms with van der Waals surface area (Å²) in [6.07, 6.45) is 0. The first-order valence-corrected chi connectivity index (χ1v) is 9.45. The van der Waals surface area contributed by atoms with Crippen LogP contribution in [0.25, 0.3) is 26.9 Å². The second-order valence-corrected chi connectivity index (χ2v) is 8.13. The average Bonchev–Trinajstić information content (AvgIpc) is 2.93. The molecule has 2 heteroatoms. The van der Waals surface area contributed by atoms with E-state index in [-0.39, 0.29) is 0 Å². The molecule has 1 heterocycles. The molecule has 106 valence electrons. The SMILES string of the molecule is Brc1cp(-c2cccc(-c3ccccc3)c2)c2ccccc12. The normalized spacial score (nSPS) is 11.8. The highest BCUT2D eigenvalue weighted by Gasteiger charge is 2.09. The van der Waals surface area contributed by atoms with Gasteiger partial charge in [-0.2, -0.15) is 0 Å². The predicted molar refractivity (Wildman–Crippen MR) is 101 cm³/mol. The largest absolute Gasteiger partial charge is 0.0841 e. The molecule has 0 aliphatic rings. The molecule has 0 N–H and O–H groups in total. The molecule has 0 aliphatic carbocycles. The third-order valence-electron chi connectivity index (χ3n) is 3.89. The van der Waals surface area contributed by atoms with Gasteiger partial charge in [0, 0.05) is 15.0 Å². The van der Waals surface area contributed by atoms with Crippen molar-refractivity contribution in [2.24, 2.45) is 0 Å². The Kier molecular flexibility index (Phi) is 3.62. The number of rotatable bonds is 2. The summed E-state index contributed by atoms with van der Waals surface area (Å²) in [5, 5.41) is 4.17. The van der Waals surface area contributed by atoms with Gasteiger partial charge < -0.3 is 0 Å². The summed E-state index contributed by atoms with van der Waals surface area (Å²) in [6, 6.07) is 28.2. The fourth-order valence-corrected chi connectivity index (χ4v) is 6.09.